The number of hydrogen-bond acceptors (Lipinski definition) is 1. The van der Waals surface area contributed by atoms with Crippen LogP contribution in [0.15, 0.2) is 23.1 Å². The summed E-state index contributed by atoms with van der Waals surface area (Å²) >= 11 is 15.3. The van der Waals surface area contributed by atoms with Gasteiger partial charge in [0.05, 0.1) is 5.02 Å². The standard InChI is InChI=1S/C6H4Cl2S.Zn/c7-4-1-2-5(8)6(9)3-4;/h1-3,9H;/q;+2. The van der Waals surface area contributed by atoms with Crippen molar-refractivity contribution in [3.8, 4) is 0 Å². The fourth-order valence-electron chi connectivity index (χ4n) is 0.486. The summed E-state index contributed by atoms with van der Waals surface area (Å²) in [6, 6.07) is 5.14. The summed E-state index contributed by atoms with van der Waals surface area (Å²) in [5.41, 5.74) is 0. The first-order chi connectivity index (χ1) is 4.20. The van der Waals surface area contributed by atoms with Crippen molar-refractivity contribution in [3.05, 3.63) is 28.2 Å². The third-order valence-corrected chi connectivity index (χ3v) is 1.97. The topological polar surface area (TPSA) is 0 Å². The summed E-state index contributed by atoms with van der Waals surface area (Å²) in [4.78, 5) is 0.712. The first-order valence-corrected chi connectivity index (χ1v) is 3.54. The van der Waals surface area contributed by atoms with Crippen LogP contribution in [0.4, 0.5) is 0 Å². The van der Waals surface area contributed by atoms with Crippen LogP contribution in [0.2, 0.25) is 10.0 Å². The Hall–Kier alpha value is 0.773. The van der Waals surface area contributed by atoms with Crippen LogP contribution in [-0.2, 0) is 19.5 Å². The maximum atomic E-state index is 5.65. The predicted molar refractivity (Wildman–Crippen MR) is 43.7 cm³/mol. The molecule has 1 rings (SSSR count). The van der Waals surface area contributed by atoms with E-state index in [0.717, 1.165) is 0 Å². The minimum absolute atomic E-state index is 0. The number of hydrogen-bond donors (Lipinski definition) is 1. The Bertz CT molecular complexity index is 227. The molecule has 0 fully saturated rings. The van der Waals surface area contributed by atoms with Crippen molar-refractivity contribution in [2.75, 3.05) is 0 Å². The molecular weight excluding hydrogens is 240 g/mol. The van der Waals surface area contributed by atoms with E-state index in [1.165, 1.54) is 0 Å². The van der Waals surface area contributed by atoms with Gasteiger partial charge in [0.25, 0.3) is 0 Å². The van der Waals surface area contributed by atoms with E-state index in [1.54, 1.807) is 18.2 Å². The van der Waals surface area contributed by atoms with E-state index >= 15 is 0 Å². The number of thiol groups is 1. The maximum absolute atomic E-state index is 5.65. The molecule has 0 aliphatic heterocycles. The van der Waals surface area contributed by atoms with E-state index in [4.69, 9.17) is 23.2 Å². The van der Waals surface area contributed by atoms with Crippen molar-refractivity contribution in [1.82, 2.24) is 0 Å². The second-order valence-electron chi connectivity index (χ2n) is 1.60. The summed E-state index contributed by atoms with van der Waals surface area (Å²) in [5, 5.41) is 1.28. The van der Waals surface area contributed by atoms with Crippen molar-refractivity contribution in [2.24, 2.45) is 0 Å². The smallest absolute Gasteiger partial charge is 0.142 e. The first-order valence-electron chi connectivity index (χ1n) is 2.34. The third-order valence-electron chi connectivity index (χ3n) is 0.908. The van der Waals surface area contributed by atoms with Gasteiger partial charge in [-0.05, 0) is 18.2 Å². The van der Waals surface area contributed by atoms with Crippen LogP contribution < -0.4 is 0 Å². The number of benzene rings is 1. The van der Waals surface area contributed by atoms with Crippen LogP contribution in [0, 0.1) is 0 Å². The normalized spacial score (nSPS) is 8.70. The van der Waals surface area contributed by atoms with Gasteiger partial charge in [0.15, 0.2) is 0 Å². The van der Waals surface area contributed by atoms with Gasteiger partial charge in [-0.1, -0.05) is 23.2 Å². The van der Waals surface area contributed by atoms with E-state index < -0.39 is 0 Å². The Balaban J connectivity index is 0.000000810. The average molecular weight is 244 g/mol. The predicted octanol–water partition coefficient (Wildman–Crippen LogP) is 3.28. The van der Waals surface area contributed by atoms with E-state index in [2.05, 4.69) is 12.6 Å². The van der Waals surface area contributed by atoms with Gasteiger partial charge < -0.3 is 0 Å². The summed E-state index contributed by atoms with van der Waals surface area (Å²) in [5.74, 6) is 0. The minimum Gasteiger partial charge on any atom is -0.142 e. The molecule has 0 amide bonds. The largest absolute Gasteiger partial charge is 2.00 e. The summed E-state index contributed by atoms with van der Waals surface area (Å²) in [6.45, 7) is 0. The monoisotopic (exact) mass is 242 g/mol. The van der Waals surface area contributed by atoms with E-state index in [1.807, 2.05) is 0 Å². The molecule has 0 spiro atoms. The number of halogens is 2. The molecule has 0 saturated carbocycles. The van der Waals surface area contributed by atoms with Crippen molar-refractivity contribution >= 4 is 35.8 Å². The third kappa shape index (κ3) is 2.79. The van der Waals surface area contributed by atoms with Gasteiger partial charge in [0, 0.05) is 9.92 Å². The average Bonchev–Trinajstić information content (AvgIpc) is 1.80. The Kier molecular flexibility index (Phi) is 4.97. The van der Waals surface area contributed by atoms with E-state index in [-0.39, 0.29) is 19.5 Å². The fraction of sp³-hybridized carbons (Fsp3) is 0. The molecule has 1 aromatic rings. The van der Waals surface area contributed by atoms with Crippen LogP contribution in [0.5, 0.6) is 0 Å². The zero-order valence-corrected chi connectivity index (χ0v) is 10.5. The van der Waals surface area contributed by atoms with Crippen LogP contribution in [-0.4, -0.2) is 0 Å². The van der Waals surface area contributed by atoms with Gasteiger partial charge in [-0.25, -0.2) is 0 Å². The molecule has 0 aromatic heterocycles. The van der Waals surface area contributed by atoms with Crippen LogP contribution in [0.25, 0.3) is 0 Å². The molecule has 0 atom stereocenters. The molecule has 0 unspecified atom stereocenters. The molecule has 10 heavy (non-hydrogen) atoms. The molecule has 0 radical (unpaired) electrons. The molecule has 1 aromatic carbocycles. The number of rotatable bonds is 0. The molecule has 0 heterocycles. The van der Waals surface area contributed by atoms with Crippen LogP contribution in [0.1, 0.15) is 0 Å². The minimum atomic E-state index is 0. The van der Waals surface area contributed by atoms with Gasteiger partial charge in [0.1, 0.15) is 0 Å². The van der Waals surface area contributed by atoms with Gasteiger partial charge in [-0.3, -0.25) is 0 Å². The molecule has 0 nitrogen and oxygen atoms in total. The second kappa shape index (κ2) is 4.61. The van der Waals surface area contributed by atoms with Crippen molar-refractivity contribution < 1.29 is 19.5 Å². The quantitative estimate of drug-likeness (QED) is 0.525. The van der Waals surface area contributed by atoms with E-state index in [9.17, 15) is 0 Å². The Morgan fingerprint density at radius 2 is 1.80 bits per heavy atom. The molecule has 0 bridgehead atoms. The zero-order chi connectivity index (χ0) is 6.85. The fourth-order valence-corrected chi connectivity index (χ4v) is 1.07. The van der Waals surface area contributed by atoms with Crippen molar-refractivity contribution in [1.29, 1.82) is 0 Å². The maximum Gasteiger partial charge on any atom is 2.00 e. The summed E-state index contributed by atoms with van der Waals surface area (Å²) < 4.78 is 0. The van der Waals surface area contributed by atoms with Crippen LogP contribution >= 0.6 is 35.8 Å². The summed E-state index contributed by atoms with van der Waals surface area (Å²) in [6.07, 6.45) is 0. The summed E-state index contributed by atoms with van der Waals surface area (Å²) in [7, 11) is 0. The zero-order valence-electron chi connectivity index (χ0n) is 5.14. The van der Waals surface area contributed by atoms with Gasteiger partial charge in [-0.15, -0.1) is 12.6 Å². The van der Waals surface area contributed by atoms with Crippen molar-refractivity contribution in [2.45, 2.75) is 4.90 Å². The second-order valence-corrected chi connectivity index (χ2v) is 2.92. The molecule has 0 N–H and O–H groups in total. The molecule has 48 valence electrons. The Labute approximate surface area is 88.1 Å². The van der Waals surface area contributed by atoms with Gasteiger partial charge >= 0.3 is 19.5 Å². The van der Waals surface area contributed by atoms with Crippen molar-refractivity contribution in [3.63, 3.8) is 0 Å². The molecule has 4 heteroatoms. The van der Waals surface area contributed by atoms with Crippen LogP contribution in [0.3, 0.4) is 0 Å². The molecule has 0 aliphatic rings. The Morgan fingerprint density at radius 3 is 2.20 bits per heavy atom. The Morgan fingerprint density at radius 1 is 1.20 bits per heavy atom. The first kappa shape index (κ1) is 10.8. The SMILES string of the molecule is Sc1cc(Cl)ccc1Cl.[Zn+2]. The molecular formula is C6H4Cl2SZn+2. The van der Waals surface area contributed by atoms with Gasteiger partial charge in [-0.2, -0.15) is 0 Å². The molecule has 0 aliphatic carbocycles. The van der Waals surface area contributed by atoms with E-state index in [0.29, 0.717) is 14.9 Å². The molecule has 0 saturated heterocycles. The van der Waals surface area contributed by atoms with Gasteiger partial charge in [0.2, 0.25) is 0 Å².